The fourth-order valence-electron chi connectivity index (χ4n) is 7.70. The molecule has 3 amide bonds. The van der Waals surface area contributed by atoms with Crippen molar-refractivity contribution >= 4 is 29.9 Å². The van der Waals surface area contributed by atoms with Crippen molar-refractivity contribution < 1.29 is 23.9 Å². The number of ether oxygens (including phenoxy) is 2. The van der Waals surface area contributed by atoms with Gasteiger partial charge in [-0.2, -0.15) is 0 Å². The second-order valence-electron chi connectivity index (χ2n) is 15.0. The largest absolute Gasteiger partial charge is 0.453 e. The summed E-state index contributed by atoms with van der Waals surface area (Å²) in [5.74, 6) is 1.84. The van der Waals surface area contributed by atoms with Crippen molar-refractivity contribution in [1.82, 2.24) is 40.0 Å². The minimum Gasteiger partial charge on any atom is -0.453 e. The van der Waals surface area contributed by atoms with Crippen LogP contribution in [0.25, 0.3) is 33.6 Å². The van der Waals surface area contributed by atoms with Crippen LogP contribution in [0.1, 0.15) is 66.9 Å². The summed E-state index contributed by atoms with van der Waals surface area (Å²) in [5.41, 5.74) is 7.69. The minimum atomic E-state index is -0.687. The number of amides is 3. The molecule has 0 saturated carbocycles. The van der Waals surface area contributed by atoms with Gasteiger partial charge >= 0.3 is 12.2 Å². The van der Waals surface area contributed by atoms with E-state index in [1.54, 1.807) is 29.1 Å². The zero-order chi connectivity index (χ0) is 40.9. The summed E-state index contributed by atoms with van der Waals surface area (Å²) < 4.78 is 10.6. The summed E-state index contributed by atoms with van der Waals surface area (Å²) in [5, 5.41) is 2.46. The monoisotopic (exact) mass is 810 g/mol. The Labute approximate surface area is 347 Å². The molecule has 2 unspecified atom stereocenters. The first-order valence-corrected chi connectivity index (χ1v) is 20.8. The lowest BCUT2D eigenvalue weighted by atomic mass is 10.0. The van der Waals surface area contributed by atoms with E-state index < -0.39 is 18.2 Å². The normalized spacial score (nSPS) is 18.2. The van der Waals surface area contributed by atoms with E-state index in [9.17, 15) is 14.4 Å². The van der Waals surface area contributed by atoms with E-state index in [-0.39, 0.29) is 35.9 Å². The molecule has 3 aromatic carbocycles. The number of nitrogens with zero attached hydrogens (tertiary/aromatic N) is 5. The van der Waals surface area contributed by atoms with Crippen LogP contribution in [0.2, 0.25) is 0 Å². The van der Waals surface area contributed by atoms with Crippen LogP contribution in [-0.4, -0.2) is 78.3 Å². The van der Waals surface area contributed by atoms with Crippen molar-refractivity contribution in [3.05, 3.63) is 139 Å². The van der Waals surface area contributed by atoms with Crippen molar-refractivity contribution in [3.63, 3.8) is 0 Å². The highest BCUT2D eigenvalue weighted by molar-refractivity contribution is 7.99. The molecule has 2 aliphatic heterocycles. The second-order valence-corrected chi connectivity index (χ2v) is 16.1. The molecule has 0 radical (unpaired) electrons. The molecule has 3 N–H and O–H groups in total. The fraction of sp³-hybridized carbons (Fsp3) is 0.289. The number of carbonyl (C=O) groups is 3. The van der Waals surface area contributed by atoms with E-state index in [2.05, 4.69) is 73.8 Å². The molecule has 4 atom stereocenters. The van der Waals surface area contributed by atoms with Gasteiger partial charge in [0.1, 0.15) is 35.7 Å². The topological polar surface area (TPSA) is 158 Å². The predicted molar refractivity (Wildman–Crippen MR) is 226 cm³/mol. The lowest BCUT2D eigenvalue weighted by Crippen LogP contribution is -2.51. The van der Waals surface area contributed by atoms with Gasteiger partial charge in [0.05, 0.1) is 36.9 Å². The van der Waals surface area contributed by atoms with Gasteiger partial charge in [-0.05, 0) is 64.3 Å². The number of benzene rings is 3. The molecule has 2 saturated heterocycles. The predicted octanol–water partition coefficient (Wildman–Crippen LogP) is 8.70. The number of imidazole rings is 2. The van der Waals surface area contributed by atoms with Gasteiger partial charge in [0.25, 0.3) is 0 Å². The number of pyridine rings is 1. The van der Waals surface area contributed by atoms with Crippen LogP contribution < -0.4 is 5.32 Å². The van der Waals surface area contributed by atoms with Gasteiger partial charge in [-0.15, -0.1) is 11.8 Å². The van der Waals surface area contributed by atoms with Gasteiger partial charge in [-0.1, -0.05) is 92.7 Å². The van der Waals surface area contributed by atoms with E-state index in [1.807, 2.05) is 73.6 Å². The fourth-order valence-corrected chi connectivity index (χ4v) is 9.13. The van der Waals surface area contributed by atoms with Gasteiger partial charge in [0.15, 0.2) is 0 Å². The second kappa shape index (κ2) is 17.6. The molecule has 0 spiro atoms. The zero-order valence-electron chi connectivity index (χ0n) is 33.1. The van der Waals surface area contributed by atoms with E-state index in [4.69, 9.17) is 14.5 Å². The van der Waals surface area contributed by atoms with E-state index >= 15 is 0 Å². The Morgan fingerprint density at radius 1 is 0.814 bits per heavy atom. The average molecular weight is 811 g/mol. The number of nitrogens with one attached hydrogen (secondary N) is 3. The minimum absolute atomic E-state index is 0.104. The molecule has 8 rings (SSSR count). The summed E-state index contributed by atoms with van der Waals surface area (Å²) in [6.45, 7) is 4.58. The zero-order valence-corrected chi connectivity index (χ0v) is 33.9. The smallest absolute Gasteiger partial charge is 0.411 e. The number of hydrogen-bond donors (Lipinski definition) is 3. The Morgan fingerprint density at radius 3 is 2.00 bits per heavy atom. The molecule has 0 aliphatic carbocycles. The van der Waals surface area contributed by atoms with E-state index in [0.29, 0.717) is 18.1 Å². The molecule has 13 nitrogen and oxygen atoms in total. The summed E-state index contributed by atoms with van der Waals surface area (Å²) in [6, 6.07) is 28.9. The van der Waals surface area contributed by atoms with Crippen molar-refractivity contribution in [2.75, 3.05) is 19.4 Å². The third kappa shape index (κ3) is 8.58. The first-order chi connectivity index (χ1) is 28.8. The van der Waals surface area contributed by atoms with Crippen LogP contribution in [0.4, 0.5) is 9.59 Å². The third-order valence-electron chi connectivity index (χ3n) is 10.9. The van der Waals surface area contributed by atoms with Crippen LogP contribution in [0.15, 0.2) is 116 Å². The number of alkyl carbamates (subject to hydrolysis) is 1. The summed E-state index contributed by atoms with van der Waals surface area (Å²) in [6.07, 6.45) is 7.72. The molecular weight excluding hydrogens is 765 g/mol. The molecule has 2 fully saturated rings. The number of aromatic nitrogens is 5. The van der Waals surface area contributed by atoms with Gasteiger partial charge < -0.3 is 29.7 Å². The van der Waals surface area contributed by atoms with Crippen LogP contribution in [0.5, 0.6) is 0 Å². The maximum atomic E-state index is 13.7. The van der Waals surface area contributed by atoms with Gasteiger partial charge in [0, 0.05) is 24.7 Å². The Hall–Kier alpha value is -6.41. The SMILES string of the molecule is COC(=O)NC(C(=O)N1CCC[C@H]1c1ncc(-c2ccc(-c3ccc(-c4cnc([C@@H]5CSC(c6ccncc6)N5C(=O)OCc5ccccc5)[nH]4)cc3)cc2)[nH]1)C(C)C. The van der Waals surface area contributed by atoms with Gasteiger partial charge in [0.2, 0.25) is 5.91 Å². The highest BCUT2D eigenvalue weighted by Crippen LogP contribution is 2.47. The van der Waals surface area contributed by atoms with Gasteiger partial charge in [-0.3, -0.25) is 14.7 Å². The Bertz CT molecular complexity index is 2370. The van der Waals surface area contributed by atoms with Crippen LogP contribution in [0.3, 0.4) is 0 Å². The number of H-pyrrole nitrogens is 2. The van der Waals surface area contributed by atoms with Crippen LogP contribution in [-0.2, 0) is 20.9 Å². The van der Waals surface area contributed by atoms with Crippen LogP contribution in [0, 0.1) is 5.92 Å². The molecule has 6 aromatic rings. The molecule has 3 aromatic heterocycles. The summed E-state index contributed by atoms with van der Waals surface area (Å²) >= 11 is 1.67. The number of hydrogen-bond acceptors (Lipinski definition) is 9. The molecule has 14 heteroatoms. The van der Waals surface area contributed by atoms with E-state index in [1.165, 1.54) is 7.11 Å². The first kappa shape index (κ1) is 39.4. The van der Waals surface area contributed by atoms with Crippen molar-refractivity contribution in [2.45, 2.75) is 56.8 Å². The third-order valence-corrected chi connectivity index (χ3v) is 12.2. The molecule has 302 valence electrons. The lowest BCUT2D eigenvalue weighted by molar-refractivity contribution is -0.135. The molecule has 2 aliphatic rings. The Kier molecular flexibility index (Phi) is 11.8. The average Bonchev–Trinajstić information content (AvgIpc) is 4.12. The van der Waals surface area contributed by atoms with Crippen molar-refractivity contribution in [3.8, 4) is 33.6 Å². The number of carbonyl (C=O) groups excluding carboxylic acids is 3. The number of thioether (sulfide) groups is 1. The highest BCUT2D eigenvalue weighted by atomic mass is 32.2. The lowest BCUT2D eigenvalue weighted by Gasteiger charge is -2.30. The maximum absolute atomic E-state index is 13.7. The Balaban J connectivity index is 0.936. The number of methoxy groups -OCH3 is 1. The summed E-state index contributed by atoms with van der Waals surface area (Å²) in [7, 11) is 1.29. The van der Waals surface area contributed by atoms with Crippen molar-refractivity contribution in [1.29, 1.82) is 0 Å². The number of likely N-dealkylation sites (tertiary alicyclic amines) is 1. The highest BCUT2D eigenvalue weighted by Gasteiger charge is 2.42. The van der Waals surface area contributed by atoms with Crippen LogP contribution >= 0.6 is 11.8 Å². The number of rotatable bonds is 11. The van der Waals surface area contributed by atoms with Gasteiger partial charge in [-0.25, -0.2) is 19.6 Å². The molecule has 59 heavy (non-hydrogen) atoms. The number of aromatic amines is 2. The first-order valence-electron chi connectivity index (χ1n) is 19.7. The molecule has 0 bridgehead atoms. The quantitative estimate of drug-likeness (QED) is 0.116. The standard InChI is InChI=1S/C45H46N8O5S/c1-28(2)39(51-44(55)57-3)42(54)52-23-7-10-37(52)40-47-24-35(49-40)32-15-11-30(12-16-32)31-13-17-33(18-14-31)36-25-48-41(50-36)38-27-59-43(34-19-21-46-22-20-34)53(38)45(56)58-26-29-8-5-4-6-9-29/h4-6,8-9,11-22,24-25,28,37-39,43H,7,10,23,26-27H2,1-3H3,(H,47,49)(H,48,50)(H,51,55)/t37-,38-,39?,43?/m0/s1. The maximum Gasteiger partial charge on any atom is 0.411 e. The Morgan fingerprint density at radius 2 is 1.41 bits per heavy atom. The molecule has 5 heterocycles. The van der Waals surface area contributed by atoms with Crippen molar-refractivity contribution in [2.24, 2.45) is 5.92 Å². The van der Waals surface area contributed by atoms with E-state index in [0.717, 1.165) is 63.4 Å². The summed E-state index contributed by atoms with van der Waals surface area (Å²) in [4.78, 5) is 63.4. The molecular formula is C45H46N8O5S.